The molecule has 0 saturated carbocycles. The minimum atomic E-state index is -0.298. The summed E-state index contributed by atoms with van der Waals surface area (Å²) in [5.41, 5.74) is 1.08. The van der Waals surface area contributed by atoms with Gasteiger partial charge in [0.1, 0.15) is 18.2 Å². The Morgan fingerprint density at radius 1 is 1.38 bits per heavy atom. The molecule has 24 heavy (non-hydrogen) atoms. The topological polar surface area (TPSA) is 58.5 Å². The second kappa shape index (κ2) is 9.87. The summed E-state index contributed by atoms with van der Waals surface area (Å²) in [4.78, 5) is 8.95. The molecule has 0 bridgehead atoms. The quantitative estimate of drug-likeness (QED) is 0.437. The van der Waals surface area contributed by atoms with Crippen LogP contribution in [-0.4, -0.2) is 37.2 Å². The van der Waals surface area contributed by atoms with E-state index in [0.29, 0.717) is 25.4 Å². The molecule has 0 aliphatic rings. The Hall–Kier alpha value is -2.15. The minimum absolute atomic E-state index is 0.298. The Kier molecular flexibility index (Phi) is 7.48. The summed E-state index contributed by atoms with van der Waals surface area (Å²) in [7, 11) is 0. The average molecular weight is 350 g/mol. The van der Waals surface area contributed by atoms with Crippen molar-refractivity contribution in [3.8, 4) is 5.75 Å². The van der Waals surface area contributed by atoms with E-state index >= 15 is 0 Å². The van der Waals surface area contributed by atoms with Crippen LogP contribution in [0.1, 0.15) is 17.6 Å². The van der Waals surface area contributed by atoms with Crippen LogP contribution in [0.25, 0.3) is 0 Å². The molecule has 7 heteroatoms. The third-order valence-electron chi connectivity index (χ3n) is 3.11. The van der Waals surface area contributed by atoms with Crippen LogP contribution in [0.4, 0.5) is 4.39 Å². The summed E-state index contributed by atoms with van der Waals surface area (Å²) < 4.78 is 18.6. The summed E-state index contributed by atoms with van der Waals surface area (Å²) in [6.07, 6.45) is 0.820. The van der Waals surface area contributed by atoms with Crippen LogP contribution in [0.3, 0.4) is 0 Å². The molecular weight excluding hydrogens is 327 g/mol. The summed E-state index contributed by atoms with van der Waals surface area (Å²) in [5.74, 6) is 0.970. The highest BCUT2D eigenvalue weighted by atomic mass is 32.1. The lowest BCUT2D eigenvalue weighted by Crippen LogP contribution is -2.39. The first-order chi connectivity index (χ1) is 11.7. The zero-order valence-corrected chi connectivity index (χ0v) is 14.8. The molecule has 0 saturated heterocycles. The van der Waals surface area contributed by atoms with Gasteiger partial charge in [-0.1, -0.05) is 6.07 Å². The number of aryl methyl sites for hydroxylation is 1. The van der Waals surface area contributed by atoms with Crippen molar-refractivity contribution in [3.05, 3.63) is 46.2 Å². The molecule has 1 heterocycles. The van der Waals surface area contributed by atoms with Gasteiger partial charge in [0.05, 0.1) is 17.2 Å². The number of nitrogens with one attached hydrogen (secondary N) is 2. The molecule has 0 aliphatic carbocycles. The molecule has 1 aromatic heterocycles. The summed E-state index contributed by atoms with van der Waals surface area (Å²) in [6.45, 7) is 6.48. The molecule has 2 aromatic rings. The van der Waals surface area contributed by atoms with Crippen molar-refractivity contribution in [2.24, 2.45) is 4.99 Å². The third kappa shape index (κ3) is 6.54. The Morgan fingerprint density at radius 3 is 2.96 bits per heavy atom. The predicted molar refractivity (Wildman–Crippen MR) is 96.4 cm³/mol. The number of rotatable bonds is 8. The smallest absolute Gasteiger partial charge is 0.191 e. The Labute approximate surface area is 146 Å². The van der Waals surface area contributed by atoms with E-state index in [-0.39, 0.29) is 5.82 Å². The molecule has 1 aromatic carbocycles. The van der Waals surface area contributed by atoms with Crippen molar-refractivity contribution in [2.45, 2.75) is 20.3 Å². The minimum Gasteiger partial charge on any atom is -0.492 e. The molecule has 2 rings (SSSR count). The maximum Gasteiger partial charge on any atom is 0.191 e. The number of aliphatic imine (C=N–C) groups is 1. The van der Waals surface area contributed by atoms with Gasteiger partial charge in [-0.2, -0.15) is 0 Å². The Bertz CT molecular complexity index is 660. The second-order valence-corrected chi connectivity index (χ2v) is 6.16. The third-order valence-corrected chi connectivity index (χ3v) is 3.93. The maximum atomic E-state index is 13.1. The van der Waals surface area contributed by atoms with Crippen LogP contribution in [0.5, 0.6) is 5.75 Å². The number of nitrogens with zero attached hydrogens (tertiary/aromatic N) is 2. The molecule has 130 valence electrons. The summed E-state index contributed by atoms with van der Waals surface area (Å²) in [5, 5.41) is 9.53. The van der Waals surface area contributed by atoms with Crippen molar-refractivity contribution < 1.29 is 9.13 Å². The monoisotopic (exact) mass is 350 g/mol. The Morgan fingerprint density at radius 2 is 2.25 bits per heavy atom. The molecule has 5 nitrogen and oxygen atoms in total. The van der Waals surface area contributed by atoms with Gasteiger partial charge in [-0.25, -0.2) is 9.37 Å². The van der Waals surface area contributed by atoms with Crippen LogP contribution >= 0.6 is 11.3 Å². The van der Waals surface area contributed by atoms with Gasteiger partial charge in [0.2, 0.25) is 0 Å². The first-order valence-corrected chi connectivity index (χ1v) is 8.87. The fraction of sp³-hybridized carbons (Fsp3) is 0.412. The lowest BCUT2D eigenvalue weighted by atomic mass is 10.3. The standard InChI is InChI=1S/C17H23FN4OS/c1-3-19-17(20-8-7-15-12-24-13(2)22-15)21-9-10-23-16-6-4-5-14(18)11-16/h4-6,11-12H,3,7-10H2,1-2H3,(H2,19,20,21). The fourth-order valence-electron chi connectivity index (χ4n) is 2.04. The fourth-order valence-corrected chi connectivity index (χ4v) is 2.69. The number of hydrogen-bond acceptors (Lipinski definition) is 4. The van der Waals surface area contributed by atoms with Crippen molar-refractivity contribution in [2.75, 3.05) is 26.2 Å². The van der Waals surface area contributed by atoms with E-state index in [1.165, 1.54) is 12.1 Å². The number of guanidine groups is 1. The summed E-state index contributed by atoms with van der Waals surface area (Å²) >= 11 is 1.66. The van der Waals surface area contributed by atoms with E-state index < -0.39 is 0 Å². The van der Waals surface area contributed by atoms with E-state index in [0.717, 1.165) is 29.6 Å². The van der Waals surface area contributed by atoms with E-state index in [1.54, 1.807) is 23.5 Å². The van der Waals surface area contributed by atoms with Crippen LogP contribution < -0.4 is 15.4 Å². The normalized spacial score (nSPS) is 11.4. The highest BCUT2D eigenvalue weighted by Crippen LogP contribution is 2.11. The van der Waals surface area contributed by atoms with Gasteiger partial charge in [-0.05, 0) is 26.0 Å². The van der Waals surface area contributed by atoms with Crippen molar-refractivity contribution in [1.29, 1.82) is 0 Å². The highest BCUT2D eigenvalue weighted by Gasteiger charge is 2.00. The molecule has 0 amide bonds. The van der Waals surface area contributed by atoms with Gasteiger partial charge >= 0.3 is 0 Å². The Balaban J connectivity index is 1.72. The largest absolute Gasteiger partial charge is 0.492 e. The average Bonchev–Trinajstić information content (AvgIpc) is 2.97. The second-order valence-electron chi connectivity index (χ2n) is 5.10. The van der Waals surface area contributed by atoms with Gasteiger partial charge in [-0.3, -0.25) is 4.99 Å². The lowest BCUT2D eigenvalue weighted by Gasteiger charge is -2.12. The van der Waals surface area contributed by atoms with Gasteiger partial charge in [0.15, 0.2) is 5.96 Å². The number of aromatic nitrogens is 1. The van der Waals surface area contributed by atoms with E-state index in [4.69, 9.17) is 4.74 Å². The van der Waals surface area contributed by atoms with E-state index in [1.807, 2.05) is 13.8 Å². The van der Waals surface area contributed by atoms with Gasteiger partial charge < -0.3 is 15.4 Å². The molecule has 0 spiro atoms. The highest BCUT2D eigenvalue weighted by molar-refractivity contribution is 7.09. The predicted octanol–water partition coefficient (Wildman–Crippen LogP) is 2.77. The maximum absolute atomic E-state index is 13.1. The molecule has 0 atom stereocenters. The van der Waals surface area contributed by atoms with Crippen molar-refractivity contribution in [1.82, 2.24) is 15.6 Å². The van der Waals surface area contributed by atoms with Crippen molar-refractivity contribution >= 4 is 17.3 Å². The number of halogens is 1. The first-order valence-electron chi connectivity index (χ1n) is 7.99. The number of thiazole rings is 1. The van der Waals surface area contributed by atoms with Gasteiger partial charge in [0, 0.05) is 31.0 Å². The van der Waals surface area contributed by atoms with Gasteiger partial charge in [0.25, 0.3) is 0 Å². The number of ether oxygens (including phenoxy) is 1. The lowest BCUT2D eigenvalue weighted by molar-refractivity contribution is 0.320. The SMILES string of the molecule is CCNC(=NCCc1csc(C)n1)NCCOc1cccc(F)c1. The molecule has 0 unspecified atom stereocenters. The number of benzene rings is 1. The van der Waals surface area contributed by atoms with Crippen LogP contribution in [0.15, 0.2) is 34.6 Å². The molecule has 0 aliphatic heterocycles. The van der Waals surface area contributed by atoms with E-state index in [9.17, 15) is 4.39 Å². The van der Waals surface area contributed by atoms with Gasteiger partial charge in [-0.15, -0.1) is 11.3 Å². The molecule has 0 radical (unpaired) electrons. The zero-order valence-electron chi connectivity index (χ0n) is 14.0. The zero-order chi connectivity index (χ0) is 17.2. The van der Waals surface area contributed by atoms with Crippen LogP contribution in [0.2, 0.25) is 0 Å². The summed E-state index contributed by atoms with van der Waals surface area (Å²) in [6, 6.07) is 6.13. The molecular formula is C17H23FN4OS. The first kappa shape index (κ1) is 18.2. The van der Waals surface area contributed by atoms with E-state index in [2.05, 4.69) is 26.0 Å². The number of hydrogen-bond donors (Lipinski definition) is 2. The van der Waals surface area contributed by atoms with Crippen LogP contribution in [0, 0.1) is 12.7 Å². The molecule has 2 N–H and O–H groups in total. The van der Waals surface area contributed by atoms with Crippen molar-refractivity contribution in [3.63, 3.8) is 0 Å². The van der Waals surface area contributed by atoms with Crippen LogP contribution in [-0.2, 0) is 6.42 Å². The molecule has 0 fully saturated rings.